The number of benzene rings is 3. The van der Waals surface area contributed by atoms with Gasteiger partial charge in [-0.1, -0.05) is 60.7 Å². The zero-order valence-corrected chi connectivity index (χ0v) is 21.9. The van der Waals surface area contributed by atoms with E-state index in [0.717, 1.165) is 11.1 Å². The van der Waals surface area contributed by atoms with Crippen molar-refractivity contribution < 1.29 is 13.2 Å². The smallest absolute Gasteiger partial charge is 0.260 e. The molecule has 0 spiro atoms. The Hall–Kier alpha value is -3.73. The predicted molar refractivity (Wildman–Crippen MR) is 147 cm³/mol. The Morgan fingerprint density at radius 1 is 1.03 bits per heavy atom. The normalized spacial score (nSPS) is 11.9. The Labute approximate surface area is 222 Å². The van der Waals surface area contributed by atoms with Gasteiger partial charge in [-0.2, -0.15) is 0 Å². The van der Waals surface area contributed by atoms with Crippen molar-refractivity contribution in [3.05, 3.63) is 95.8 Å². The molecule has 3 aromatic carbocycles. The Morgan fingerprint density at radius 2 is 1.65 bits per heavy atom. The van der Waals surface area contributed by atoms with Crippen LogP contribution in [0, 0.1) is 0 Å². The fraction of sp³-hybridized carbons (Fsp3) is 0.192. The van der Waals surface area contributed by atoms with Gasteiger partial charge in [0, 0.05) is 20.1 Å². The van der Waals surface area contributed by atoms with E-state index in [9.17, 15) is 13.2 Å². The van der Waals surface area contributed by atoms with Gasteiger partial charge < -0.3 is 10.7 Å². The molecule has 0 bridgehead atoms. The molecule has 0 saturated carbocycles. The Balaban J connectivity index is 0.00000380. The van der Waals surface area contributed by atoms with E-state index in [2.05, 4.69) is 20.3 Å². The second kappa shape index (κ2) is 12.5. The number of nitrogens with zero attached hydrogens (tertiary/aromatic N) is 3. The number of carbonyl (C=O) groups is 1. The minimum Gasteiger partial charge on any atom is -0.370 e. The maximum atomic E-state index is 13.3. The molecule has 194 valence electrons. The standard InChI is InChI=1S/C26H28N6O3S.ClH/c1-32(15-13-20-10-6-3-7-11-20)36(34,35)21-16-22(24-23(17-21)29-18-30-24)25(33)31-26(27)28-14-12-19-8-4-2-5-9-19;/h2-11,16-18H,12-15H2,1H3,(H,29,30)(H3,27,28,31,33);1H. The third kappa shape index (κ3) is 6.94. The van der Waals surface area contributed by atoms with Gasteiger partial charge in [0.15, 0.2) is 5.96 Å². The maximum Gasteiger partial charge on any atom is 0.260 e. The molecule has 0 aliphatic rings. The number of carbonyl (C=O) groups excluding carboxylic acids is 1. The molecule has 9 nitrogen and oxygen atoms in total. The molecule has 4 aromatic rings. The zero-order chi connectivity index (χ0) is 25.5. The molecule has 1 aromatic heterocycles. The van der Waals surface area contributed by atoms with E-state index in [1.807, 2.05) is 60.7 Å². The van der Waals surface area contributed by atoms with Crippen LogP contribution in [0.4, 0.5) is 0 Å². The summed E-state index contributed by atoms with van der Waals surface area (Å²) in [7, 11) is -2.34. The summed E-state index contributed by atoms with van der Waals surface area (Å²) in [4.78, 5) is 24.3. The fourth-order valence-corrected chi connectivity index (χ4v) is 4.98. The molecule has 0 unspecified atom stereocenters. The second-order valence-corrected chi connectivity index (χ2v) is 10.3. The van der Waals surface area contributed by atoms with Crippen molar-refractivity contribution in [1.82, 2.24) is 19.6 Å². The number of fused-ring (bicyclic) bond motifs is 1. The van der Waals surface area contributed by atoms with E-state index in [1.165, 1.54) is 29.8 Å². The monoisotopic (exact) mass is 540 g/mol. The number of halogens is 1. The third-order valence-electron chi connectivity index (χ3n) is 5.78. The number of hydrogen-bond acceptors (Lipinski definition) is 5. The Morgan fingerprint density at radius 3 is 2.30 bits per heavy atom. The van der Waals surface area contributed by atoms with Gasteiger partial charge in [0.1, 0.15) is 5.52 Å². The largest absolute Gasteiger partial charge is 0.370 e. The van der Waals surface area contributed by atoms with Crippen LogP contribution < -0.4 is 11.1 Å². The first-order chi connectivity index (χ1) is 17.3. The molecule has 0 aliphatic heterocycles. The predicted octanol–water partition coefficient (Wildman–Crippen LogP) is 3.14. The number of aromatic nitrogens is 2. The topological polar surface area (TPSA) is 134 Å². The molecular weight excluding hydrogens is 512 g/mol. The minimum atomic E-state index is -3.86. The second-order valence-electron chi connectivity index (χ2n) is 8.29. The van der Waals surface area contributed by atoms with Gasteiger partial charge in [-0.05, 0) is 36.1 Å². The molecule has 4 rings (SSSR count). The van der Waals surface area contributed by atoms with Crippen LogP contribution in [-0.4, -0.2) is 54.7 Å². The number of rotatable bonds is 9. The van der Waals surface area contributed by atoms with Gasteiger partial charge in [0.05, 0.1) is 22.3 Å². The van der Waals surface area contributed by atoms with Crippen LogP contribution in [0.1, 0.15) is 21.5 Å². The molecule has 0 fully saturated rings. The number of nitrogens with one attached hydrogen (secondary N) is 2. The number of hydrogen-bond donors (Lipinski definition) is 3. The summed E-state index contributed by atoms with van der Waals surface area (Å²) < 4.78 is 27.9. The van der Waals surface area contributed by atoms with Gasteiger partial charge in [-0.25, -0.2) is 17.7 Å². The van der Waals surface area contributed by atoms with E-state index in [1.54, 1.807) is 0 Å². The molecule has 11 heteroatoms. The first-order valence-corrected chi connectivity index (χ1v) is 12.9. The maximum absolute atomic E-state index is 13.3. The van der Waals surface area contributed by atoms with Crippen LogP contribution in [0.25, 0.3) is 11.0 Å². The number of imidazole rings is 1. The highest BCUT2D eigenvalue weighted by molar-refractivity contribution is 7.89. The highest BCUT2D eigenvalue weighted by Gasteiger charge is 2.25. The van der Waals surface area contributed by atoms with Crippen molar-refractivity contribution >= 4 is 45.3 Å². The third-order valence-corrected chi connectivity index (χ3v) is 7.61. The van der Waals surface area contributed by atoms with Crippen LogP contribution in [0.5, 0.6) is 0 Å². The number of aliphatic imine (C=N–C) groups is 1. The number of nitrogens with two attached hydrogens (primary N) is 1. The lowest BCUT2D eigenvalue weighted by Gasteiger charge is -2.18. The molecule has 4 N–H and O–H groups in total. The van der Waals surface area contributed by atoms with Crippen molar-refractivity contribution in [2.75, 3.05) is 20.1 Å². The van der Waals surface area contributed by atoms with Crippen LogP contribution >= 0.6 is 12.4 Å². The number of guanidine groups is 1. The van der Waals surface area contributed by atoms with E-state index in [4.69, 9.17) is 5.73 Å². The van der Waals surface area contributed by atoms with Crippen LogP contribution in [0.2, 0.25) is 0 Å². The van der Waals surface area contributed by atoms with Crippen molar-refractivity contribution in [2.24, 2.45) is 10.7 Å². The van der Waals surface area contributed by atoms with E-state index < -0.39 is 15.9 Å². The highest BCUT2D eigenvalue weighted by Crippen LogP contribution is 2.23. The van der Waals surface area contributed by atoms with E-state index in [0.29, 0.717) is 30.4 Å². The van der Waals surface area contributed by atoms with Gasteiger partial charge in [0.25, 0.3) is 5.91 Å². The molecule has 37 heavy (non-hydrogen) atoms. The van der Waals surface area contributed by atoms with Gasteiger partial charge in [-0.15, -0.1) is 12.4 Å². The summed E-state index contributed by atoms with van der Waals surface area (Å²) in [6, 6.07) is 22.2. The number of sulfonamides is 1. The van der Waals surface area contributed by atoms with Crippen LogP contribution in [0.15, 0.2) is 89.0 Å². The quantitative estimate of drug-likeness (QED) is 0.221. The summed E-state index contributed by atoms with van der Waals surface area (Å²) in [5.74, 6) is -0.634. The summed E-state index contributed by atoms with van der Waals surface area (Å²) in [6.45, 7) is 0.685. The average molecular weight is 541 g/mol. The van der Waals surface area contributed by atoms with Crippen molar-refractivity contribution in [3.8, 4) is 0 Å². The number of aromatic amines is 1. The summed E-state index contributed by atoms with van der Waals surface area (Å²) >= 11 is 0. The minimum absolute atomic E-state index is 0. The lowest BCUT2D eigenvalue weighted by Crippen LogP contribution is -2.37. The van der Waals surface area contributed by atoms with E-state index in [-0.39, 0.29) is 35.4 Å². The average Bonchev–Trinajstić information content (AvgIpc) is 3.36. The SMILES string of the molecule is CN(CCc1ccccc1)S(=O)(=O)c1cc(C(=O)NC(N)=NCCc2ccccc2)c2nc[nH]c2c1.Cl. The highest BCUT2D eigenvalue weighted by atomic mass is 35.5. The van der Waals surface area contributed by atoms with Crippen molar-refractivity contribution in [2.45, 2.75) is 17.7 Å². The zero-order valence-electron chi connectivity index (χ0n) is 20.3. The summed E-state index contributed by atoms with van der Waals surface area (Å²) in [6.07, 6.45) is 2.64. The van der Waals surface area contributed by atoms with Gasteiger partial charge >= 0.3 is 0 Å². The summed E-state index contributed by atoms with van der Waals surface area (Å²) in [5, 5.41) is 2.55. The lowest BCUT2D eigenvalue weighted by molar-refractivity contribution is 0.0978. The molecule has 0 radical (unpaired) electrons. The van der Waals surface area contributed by atoms with Gasteiger partial charge in [-0.3, -0.25) is 15.1 Å². The van der Waals surface area contributed by atoms with Crippen molar-refractivity contribution in [1.29, 1.82) is 0 Å². The first kappa shape index (κ1) is 27.9. The molecule has 1 amide bonds. The number of likely N-dealkylation sites (N-methyl/N-ethyl adjacent to an activating group) is 1. The van der Waals surface area contributed by atoms with Crippen molar-refractivity contribution in [3.63, 3.8) is 0 Å². The summed E-state index contributed by atoms with van der Waals surface area (Å²) in [5.41, 5.74) is 8.92. The Kier molecular flexibility index (Phi) is 9.40. The molecule has 0 atom stereocenters. The van der Waals surface area contributed by atoms with Crippen LogP contribution in [-0.2, 0) is 22.9 Å². The molecular formula is C26H29ClN6O3S. The van der Waals surface area contributed by atoms with E-state index >= 15 is 0 Å². The molecule has 1 heterocycles. The fourth-order valence-electron chi connectivity index (χ4n) is 3.75. The lowest BCUT2D eigenvalue weighted by atomic mass is 10.1. The first-order valence-electron chi connectivity index (χ1n) is 11.5. The number of H-pyrrole nitrogens is 1. The van der Waals surface area contributed by atoms with Gasteiger partial charge in [0.2, 0.25) is 10.0 Å². The molecule has 0 aliphatic carbocycles. The number of amides is 1. The molecule has 0 saturated heterocycles. The van der Waals surface area contributed by atoms with Crippen LogP contribution in [0.3, 0.4) is 0 Å². The Bertz CT molecular complexity index is 1470.